The number of aliphatic hydroxyl groups excluding tert-OH is 1. The second-order valence-electron chi connectivity index (χ2n) is 4.33. The van der Waals surface area contributed by atoms with Crippen LogP contribution < -0.4 is 5.32 Å². The third-order valence-electron chi connectivity index (χ3n) is 3.18. The Morgan fingerprint density at radius 1 is 1.60 bits per heavy atom. The lowest BCUT2D eigenvalue weighted by Gasteiger charge is -2.19. The van der Waals surface area contributed by atoms with Crippen LogP contribution in [-0.2, 0) is 9.59 Å². The number of carbonyl (C=O) groups excluding carboxylic acids is 2. The molecule has 0 aromatic carbocycles. The van der Waals surface area contributed by atoms with Gasteiger partial charge in [0.25, 0.3) is 0 Å². The lowest BCUT2D eigenvalue weighted by atomic mass is 10.1. The Balaban J connectivity index is 1.89. The average Bonchev–Trinajstić information content (AvgIpc) is 2.84. The highest BCUT2D eigenvalue weighted by Gasteiger charge is 2.34. The first-order chi connectivity index (χ1) is 7.20. The minimum absolute atomic E-state index is 0.0359. The van der Waals surface area contributed by atoms with E-state index in [2.05, 4.69) is 5.32 Å². The maximum Gasteiger partial charge on any atom is 0.227 e. The molecule has 2 atom stereocenters. The smallest absolute Gasteiger partial charge is 0.227 e. The quantitative estimate of drug-likeness (QED) is 0.614. The number of hydrogen-bond acceptors (Lipinski definition) is 3. The maximum atomic E-state index is 11.9. The molecule has 2 N–H and O–H groups in total. The Labute approximate surface area is 88.4 Å². The fourth-order valence-electron chi connectivity index (χ4n) is 2.22. The van der Waals surface area contributed by atoms with Crippen molar-refractivity contribution >= 4 is 11.8 Å². The number of amides is 2. The summed E-state index contributed by atoms with van der Waals surface area (Å²) >= 11 is 0. The monoisotopic (exact) mass is 212 g/mol. The molecule has 2 aliphatic rings. The molecule has 0 aliphatic carbocycles. The molecule has 2 aliphatic heterocycles. The summed E-state index contributed by atoms with van der Waals surface area (Å²) in [5.74, 6) is 0.0597. The summed E-state index contributed by atoms with van der Waals surface area (Å²) in [5.41, 5.74) is 0. The van der Waals surface area contributed by atoms with E-state index in [1.807, 2.05) is 0 Å². The van der Waals surface area contributed by atoms with Gasteiger partial charge in [-0.05, 0) is 6.42 Å². The Bertz CT molecular complexity index is 280. The summed E-state index contributed by atoms with van der Waals surface area (Å²) in [7, 11) is 0. The average molecular weight is 212 g/mol. The van der Waals surface area contributed by atoms with E-state index in [0.717, 1.165) is 13.0 Å². The molecule has 0 radical (unpaired) electrons. The molecular weight excluding hydrogens is 196 g/mol. The molecule has 2 unspecified atom stereocenters. The molecule has 5 nitrogen and oxygen atoms in total. The van der Waals surface area contributed by atoms with E-state index in [9.17, 15) is 9.59 Å². The minimum Gasteiger partial charge on any atom is -0.396 e. The van der Waals surface area contributed by atoms with Gasteiger partial charge in [0.2, 0.25) is 11.8 Å². The van der Waals surface area contributed by atoms with E-state index in [1.165, 1.54) is 0 Å². The van der Waals surface area contributed by atoms with Gasteiger partial charge in [-0.3, -0.25) is 9.59 Å². The summed E-state index contributed by atoms with van der Waals surface area (Å²) in [6.07, 6.45) is 1.19. The summed E-state index contributed by atoms with van der Waals surface area (Å²) in [6, 6.07) is 0. The Kier molecular flexibility index (Phi) is 2.90. The molecule has 0 saturated carbocycles. The summed E-state index contributed by atoms with van der Waals surface area (Å²) in [6.45, 7) is 1.97. The summed E-state index contributed by atoms with van der Waals surface area (Å²) < 4.78 is 0. The van der Waals surface area contributed by atoms with Crippen LogP contribution in [-0.4, -0.2) is 48.1 Å². The third-order valence-corrected chi connectivity index (χ3v) is 3.18. The second-order valence-corrected chi connectivity index (χ2v) is 4.33. The Morgan fingerprint density at radius 3 is 2.93 bits per heavy atom. The van der Waals surface area contributed by atoms with E-state index >= 15 is 0 Å². The highest BCUT2D eigenvalue weighted by Crippen LogP contribution is 2.20. The number of nitrogens with zero attached hydrogens (tertiary/aromatic N) is 1. The van der Waals surface area contributed by atoms with Crippen molar-refractivity contribution in [1.82, 2.24) is 10.2 Å². The van der Waals surface area contributed by atoms with E-state index in [0.29, 0.717) is 19.5 Å². The van der Waals surface area contributed by atoms with Crippen LogP contribution >= 0.6 is 0 Å². The molecule has 5 heteroatoms. The first kappa shape index (κ1) is 10.4. The Morgan fingerprint density at radius 2 is 2.40 bits per heavy atom. The van der Waals surface area contributed by atoms with Crippen LogP contribution in [0.5, 0.6) is 0 Å². The molecule has 2 rings (SSSR count). The zero-order chi connectivity index (χ0) is 10.8. The second kappa shape index (κ2) is 4.18. The Hall–Kier alpha value is -1.10. The van der Waals surface area contributed by atoms with E-state index in [1.54, 1.807) is 4.90 Å². The van der Waals surface area contributed by atoms with Crippen molar-refractivity contribution in [1.29, 1.82) is 0 Å². The highest BCUT2D eigenvalue weighted by molar-refractivity contribution is 5.89. The minimum atomic E-state index is -0.185. The van der Waals surface area contributed by atoms with Gasteiger partial charge >= 0.3 is 0 Å². The number of rotatable bonds is 2. The molecule has 15 heavy (non-hydrogen) atoms. The zero-order valence-electron chi connectivity index (χ0n) is 8.61. The maximum absolute atomic E-state index is 11.9. The zero-order valence-corrected chi connectivity index (χ0v) is 8.61. The molecule has 2 amide bonds. The van der Waals surface area contributed by atoms with Gasteiger partial charge in [0, 0.05) is 38.6 Å². The van der Waals surface area contributed by atoms with Crippen molar-refractivity contribution in [3.8, 4) is 0 Å². The standard InChI is InChI=1S/C10H16N2O3/c13-6-7-1-2-12(5-7)10(15)8-3-9(14)11-4-8/h7-8,13H,1-6H2,(H,11,14). The van der Waals surface area contributed by atoms with Gasteiger partial charge in [0.05, 0.1) is 5.92 Å². The molecule has 2 fully saturated rings. The van der Waals surface area contributed by atoms with Crippen molar-refractivity contribution in [2.24, 2.45) is 11.8 Å². The third kappa shape index (κ3) is 2.12. The molecule has 0 aromatic rings. The van der Waals surface area contributed by atoms with Crippen molar-refractivity contribution in [2.45, 2.75) is 12.8 Å². The van der Waals surface area contributed by atoms with Gasteiger partial charge in [-0.25, -0.2) is 0 Å². The normalized spacial score (nSPS) is 30.7. The summed E-state index contributed by atoms with van der Waals surface area (Å²) in [4.78, 5) is 24.6. The van der Waals surface area contributed by atoms with Crippen LogP contribution in [0.4, 0.5) is 0 Å². The summed E-state index contributed by atoms with van der Waals surface area (Å²) in [5, 5.41) is 11.6. The van der Waals surface area contributed by atoms with Crippen molar-refractivity contribution in [3.63, 3.8) is 0 Å². The highest BCUT2D eigenvalue weighted by atomic mass is 16.3. The van der Waals surface area contributed by atoms with Crippen LogP contribution in [0.2, 0.25) is 0 Å². The number of hydrogen-bond donors (Lipinski definition) is 2. The van der Waals surface area contributed by atoms with Gasteiger partial charge in [-0.1, -0.05) is 0 Å². The van der Waals surface area contributed by atoms with Gasteiger partial charge in [-0.2, -0.15) is 0 Å². The van der Waals surface area contributed by atoms with Gasteiger partial charge in [-0.15, -0.1) is 0 Å². The van der Waals surface area contributed by atoms with Crippen molar-refractivity contribution < 1.29 is 14.7 Å². The topological polar surface area (TPSA) is 69.6 Å². The fraction of sp³-hybridized carbons (Fsp3) is 0.800. The predicted molar refractivity (Wildman–Crippen MR) is 52.9 cm³/mol. The lowest BCUT2D eigenvalue weighted by Crippen LogP contribution is -2.35. The fourth-order valence-corrected chi connectivity index (χ4v) is 2.22. The molecule has 84 valence electrons. The van der Waals surface area contributed by atoms with Crippen molar-refractivity contribution in [2.75, 3.05) is 26.2 Å². The van der Waals surface area contributed by atoms with Crippen LogP contribution in [0.3, 0.4) is 0 Å². The van der Waals surface area contributed by atoms with Gasteiger partial charge in [0.15, 0.2) is 0 Å². The first-order valence-electron chi connectivity index (χ1n) is 5.37. The number of nitrogens with one attached hydrogen (secondary N) is 1. The molecule has 0 aromatic heterocycles. The van der Waals surface area contributed by atoms with Crippen molar-refractivity contribution in [3.05, 3.63) is 0 Å². The molecule has 2 saturated heterocycles. The van der Waals surface area contributed by atoms with Gasteiger partial charge < -0.3 is 15.3 Å². The van der Waals surface area contributed by atoms with Crippen LogP contribution in [0.15, 0.2) is 0 Å². The molecule has 0 bridgehead atoms. The van der Waals surface area contributed by atoms with E-state index in [-0.39, 0.29) is 30.3 Å². The molecule has 0 spiro atoms. The predicted octanol–water partition coefficient (Wildman–Crippen LogP) is -1.04. The molecular formula is C10H16N2O3. The SMILES string of the molecule is O=C1CC(C(=O)N2CCC(CO)C2)CN1. The largest absolute Gasteiger partial charge is 0.396 e. The number of carbonyl (C=O) groups is 2. The van der Waals surface area contributed by atoms with Crippen LogP contribution in [0, 0.1) is 11.8 Å². The van der Waals surface area contributed by atoms with Crippen LogP contribution in [0.25, 0.3) is 0 Å². The van der Waals surface area contributed by atoms with Crippen LogP contribution in [0.1, 0.15) is 12.8 Å². The van der Waals surface area contributed by atoms with E-state index in [4.69, 9.17) is 5.11 Å². The lowest BCUT2D eigenvalue weighted by molar-refractivity contribution is -0.135. The number of likely N-dealkylation sites (tertiary alicyclic amines) is 1. The van der Waals surface area contributed by atoms with E-state index < -0.39 is 0 Å². The van der Waals surface area contributed by atoms with Gasteiger partial charge in [0.1, 0.15) is 0 Å². The number of aliphatic hydroxyl groups is 1. The first-order valence-corrected chi connectivity index (χ1v) is 5.37. The molecule has 2 heterocycles.